The third-order valence-corrected chi connectivity index (χ3v) is 5.93. The fraction of sp³-hybridized carbons (Fsp3) is 0.560. The van der Waals surface area contributed by atoms with E-state index in [-0.39, 0.29) is 32.6 Å². The van der Waals surface area contributed by atoms with Crippen LogP contribution in [0.4, 0.5) is 0 Å². The van der Waals surface area contributed by atoms with E-state index in [0.717, 1.165) is 10.5 Å². The van der Waals surface area contributed by atoms with Crippen LogP contribution in [-0.2, 0) is 30.4 Å². The Kier molecular flexibility index (Phi) is 14.5. The molecule has 1 rings (SSSR count). The number of nitrogens with zero attached hydrogens (tertiary/aromatic N) is 3. The molecule has 218 valence electrons. The highest BCUT2D eigenvalue weighted by Crippen LogP contribution is 2.17. The zero-order valence-electron chi connectivity index (χ0n) is 22.1. The second-order valence-electron chi connectivity index (χ2n) is 8.88. The van der Waals surface area contributed by atoms with Gasteiger partial charge in [-0.15, -0.1) is 0 Å². The summed E-state index contributed by atoms with van der Waals surface area (Å²) in [5, 5.41) is 46.8. The largest absolute Gasteiger partial charge is 0.494 e. The van der Waals surface area contributed by atoms with Gasteiger partial charge in [0.15, 0.2) is 5.92 Å². The minimum atomic E-state index is -1.89. The van der Waals surface area contributed by atoms with E-state index in [1.54, 1.807) is 41.0 Å². The smallest absolute Gasteiger partial charge is 0.319 e. The number of ether oxygens (including phenoxy) is 1. The van der Waals surface area contributed by atoms with Crippen molar-refractivity contribution < 1.29 is 54.2 Å². The van der Waals surface area contributed by atoms with Crippen molar-refractivity contribution in [2.45, 2.75) is 26.3 Å². The number of benzene rings is 1. The number of carboxylic acids is 5. The van der Waals surface area contributed by atoms with Crippen LogP contribution in [0.5, 0.6) is 5.75 Å². The van der Waals surface area contributed by atoms with Gasteiger partial charge in [0.2, 0.25) is 0 Å². The molecule has 0 radical (unpaired) electrons. The molecule has 0 saturated carbocycles. The normalized spacial score (nSPS) is 12.2. The van der Waals surface area contributed by atoms with Gasteiger partial charge in [0, 0.05) is 32.2 Å². The zero-order chi connectivity index (χ0) is 29.5. The molecule has 1 aromatic carbocycles. The minimum absolute atomic E-state index is 0.108. The summed E-state index contributed by atoms with van der Waals surface area (Å²) in [6.45, 7) is 2.57. The third-order valence-electron chi connectivity index (χ3n) is 5.93. The highest BCUT2D eigenvalue weighted by molar-refractivity contribution is 5.93. The summed E-state index contributed by atoms with van der Waals surface area (Å²) in [7, 11) is 0. The Bertz CT molecular complexity index is 957. The van der Waals surface area contributed by atoms with Crippen LogP contribution < -0.4 is 4.74 Å². The van der Waals surface area contributed by atoms with Crippen LogP contribution in [0, 0.1) is 5.92 Å². The molecule has 0 saturated heterocycles. The molecule has 1 atom stereocenters. The molecule has 0 aliphatic rings. The summed E-state index contributed by atoms with van der Waals surface area (Å²) in [5.74, 6) is -8.07. The SMILES string of the molecule is CCOc1ccc(CC(CN(CC(=O)O)CC(C(=O)O)C(=O)O)N(CCN(CC)CC(=O)O)CC(=O)O)cc1. The molecule has 1 aromatic rings. The molecule has 0 aliphatic heterocycles. The van der Waals surface area contributed by atoms with Crippen LogP contribution in [0.25, 0.3) is 0 Å². The molecule has 0 amide bonds. The first-order chi connectivity index (χ1) is 18.4. The van der Waals surface area contributed by atoms with Crippen molar-refractivity contribution in [1.82, 2.24) is 14.7 Å². The van der Waals surface area contributed by atoms with Crippen LogP contribution in [0.1, 0.15) is 19.4 Å². The van der Waals surface area contributed by atoms with Gasteiger partial charge >= 0.3 is 29.8 Å². The van der Waals surface area contributed by atoms with E-state index < -0.39 is 61.4 Å². The summed E-state index contributed by atoms with van der Waals surface area (Å²) >= 11 is 0. The van der Waals surface area contributed by atoms with Crippen molar-refractivity contribution in [3.63, 3.8) is 0 Å². The summed E-state index contributed by atoms with van der Waals surface area (Å²) in [4.78, 5) is 61.8. The van der Waals surface area contributed by atoms with Gasteiger partial charge in [-0.25, -0.2) is 0 Å². The highest BCUT2D eigenvalue weighted by Gasteiger charge is 2.32. The first-order valence-electron chi connectivity index (χ1n) is 12.4. The van der Waals surface area contributed by atoms with Crippen LogP contribution >= 0.6 is 0 Å². The van der Waals surface area contributed by atoms with Crippen molar-refractivity contribution in [2.75, 3.05) is 59.0 Å². The second-order valence-corrected chi connectivity index (χ2v) is 8.88. The van der Waals surface area contributed by atoms with Gasteiger partial charge in [-0.3, -0.25) is 38.7 Å². The van der Waals surface area contributed by atoms with Gasteiger partial charge < -0.3 is 30.3 Å². The van der Waals surface area contributed by atoms with Gasteiger partial charge in [-0.05, 0) is 37.6 Å². The van der Waals surface area contributed by atoms with Gasteiger partial charge in [-0.1, -0.05) is 19.1 Å². The number of carboxylic acid groups (broad SMARTS) is 5. The van der Waals surface area contributed by atoms with Crippen molar-refractivity contribution in [3.8, 4) is 5.75 Å². The quantitative estimate of drug-likeness (QED) is 0.126. The predicted molar refractivity (Wildman–Crippen MR) is 137 cm³/mol. The lowest BCUT2D eigenvalue weighted by Crippen LogP contribution is -2.52. The van der Waals surface area contributed by atoms with Crippen LogP contribution in [0.2, 0.25) is 0 Å². The fourth-order valence-corrected chi connectivity index (χ4v) is 4.06. The maximum atomic E-state index is 11.8. The molecule has 0 fully saturated rings. The Balaban J connectivity index is 3.37. The molecule has 0 heterocycles. The first kappa shape index (κ1) is 33.3. The number of hydrogen-bond donors (Lipinski definition) is 5. The van der Waals surface area contributed by atoms with Crippen molar-refractivity contribution in [3.05, 3.63) is 29.8 Å². The molecule has 0 aliphatic carbocycles. The van der Waals surface area contributed by atoms with E-state index in [1.165, 1.54) is 0 Å². The van der Waals surface area contributed by atoms with Crippen molar-refractivity contribution in [1.29, 1.82) is 0 Å². The Labute approximate surface area is 226 Å². The average molecular weight is 556 g/mol. The maximum Gasteiger partial charge on any atom is 0.319 e. The summed E-state index contributed by atoms with van der Waals surface area (Å²) in [5.41, 5.74) is 0.750. The lowest BCUT2D eigenvalue weighted by Gasteiger charge is -2.36. The molecule has 0 spiro atoms. The van der Waals surface area contributed by atoms with Gasteiger partial charge in [-0.2, -0.15) is 0 Å². The molecule has 14 nitrogen and oxygen atoms in total. The number of hydrogen-bond acceptors (Lipinski definition) is 9. The van der Waals surface area contributed by atoms with Crippen LogP contribution in [0.3, 0.4) is 0 Å². The molecular formula is C25H37N3O11. The van der Waals surface area contributed by atoms with Crippen LogP contribution in [0.15, 0.2) is 24.3 Å². The number of carbonyl (C=O) groups is 5. The van der Waals surface area contributed by atoms with Crippen molar-refractivity contribution in [2.24, 2.45) is 5.92 Å². The monoisotopic (exact) mass is 555 g/mol. The van der Waals surface area contributed by atoms with E-state index in [9.17, 15) is 44.4 Å². The van der Waals surface area contributed by atoms with E-state index in [0.29, 0.717) is 18.9 Å². The third kappa shape index (κ3) is 13.0. The van der Waals surface area contributed by atoms with Gasteiger partial charge in [0.05, 0.1) is 26.2 Å². The van der Waals surface area contributed by atoms with Crippen molar-refractivity contribution >= 4 is 29.8 Å². The zero-order valence-corrected chi connectivity index (χ0v) is 22.1. The van der Waals surface area contributed by atoms with E-state index in [1.807, 2.05) is 6.92 Å². The molecule has 0 aromatic heterocycles. The molecule has 14 heteroatoms. The summed E-state index contributed by atoms with van der Waals surface area (Å²) in [6, 6.07) is 6.29. The molecular weight excluding hydrogens is 518 g/mol. The maximum absolute atomic E-state index is 11.8. The molecule has 39 heavy (non-hydrogen) atoms. The molecule has 1 unspecified atom stereocenters. The second kappa shape index (κ2) is 17.0. The minimum Gasteiger partial charge on any atom is -0.494 e. The Morgan fingerprint density at radius 3 is 1.74 bits per heavy atom. The number of rotatable bonds is 21. The lowest BCUT2D eigenvalue weighted by molar-refractivity contribution is -0.156. The Morgan fingerprint density at radius 2 is 1.28 bits per heavy atom. The predicted octanol–water partition coefficient (Wildman–Crippen LogP) is -0.0385. The summed E-state index contributed by atoms with van der Waals surface area (Å²) in [6.07, 6.45) is 0.214. The average Bonchev–Trinajstić information content (AvgIpc) is 2.83. The van der Waals surface area contributed by atoms with Gasteiger partial charge in [0.1, 0.15) is 5.75 Å². The van der Waals surface area contributed by atoms with Gasteiger partial charge in [0.25, 0.3) is 0 Å². The Hall–Kier alpha value is -3.75. The van der Waals surface area contributed by atoms with E-state index in [2.05, 4.69) is 0 Å². The topological polar surface area (TPSA) is 205 Å². The highest BCUT2D eigenvalue weighted by atomic mass is 16.5. The first-order valence-corrected chi connectivity index (χ1v) is 12.4. The standard InChI is InChI=1S/C25H37N3O11/c1-3-26(14-21(29)30)9-10-28(16-23(33)34)18(11-17-5-7-19(8-6-17)39-4-2)12-27(15-22(31)32)13-20(24(35)36)25(37)38/h5-8,18,20H,3-4,9-16H2,1-2H3,(H,29,30)(H,31,32)(H,33,34)(H,35,36)(H,37,38). The Morgan fingerprint density at radius 1 is 0.744 bits per heavy atom. The van der Waals surface area contributed by atoms with E-state index >= 15 is 0 Å². The molecule has 5 N–H and O–H groups in total. The summed E-state index contributed by atoms with van der Waals surface area (Å²) < 4.78 is 5.45. The number of aliphatic carboxylic acids is 5. The van der Waals surface area contributed by atoms with E-state index in [4.69, 9.17) is 9.84 Å². The number of likely N-dealkylation sites (N-methyl/N-ethyl adjacent to an activating group) is 1. The van der Waals surface area contributed by atoms with Crippen LogP contribution in [-0.4, -0.2) is 135 Å². The lowest BCUT2D eigenvalue weighted by atomic mass is 10.0. The molecule has 0 bridgehead atoms. The fourth-order valence-electron chi connectivity index (χ4n) is 4.06.